The summed E-state index contributed by atoms with van der Waals surface area (Å²) in [4.78, 5) is 32.1. The topological polar surface area (TPSA) is 198 Å². The van der Waals surface area contributed by atoms with Crippen LogP contribution in [0.1, 0.15) is 116 Å². The van der Waals surface area contributed by atoms with E-state index in [0.717, 1.165) is 23.8 Å². The van der Waals surface area contributed by atoms with Crippen molar-refractivity contribution in [1.82, 2.24) is 9.55 Å². The molecule has 0 amide bonds. The molecule has 1 fully saturated rings. The Labute approximate surface area is 266 Å². The number of nitrogens with zero attached hydrogens (tertiary/aromatic N) is 2. The summed E-state index contributed by atoms with van der Waals surface area (Å²) in [7, 11) is -4.26. The molecule has 0 spiro atoms. The predicted molar refractivity (Wildman–Crippen MR) is 161 cm³/mol. The monoisotopic (exact) mass is 617 g/mol. The summed E-state index contributed by atoms with van der Waals surface area (Å²) in [5.74, 6) is 0.0537. The Kier molecular flexibility index (Phi) is 23.8. The van der Waals surface area contributed by atoms with Gasteiger partial charge in [0.1, 0.15) is 24.1 Å². The van der Waals surface area contributed by atoms with E-state index in [-0.39, 0.29) is 42.0 Å². The van der Waals surface area contributed by atoms with Crippen molar-refractivity contribution in [2.45, 2.75) is 134 Å². The van der Waals surface area contributed by atoms with Gasteiger partial charge in [0.25, 0.3) is 0 Å². The number of phosphoric ester groups is 1. The third-order valence-corrected chi connectivity index (χ3v) is 7.42. The van der Waals surface area contributed by atoms with Crippen molar-refractivity contribution in [3.05, 3.63) is 22.7 Å². The van der Waals surface area contributed by atoms with E-state index < -0.39 is 44.7 Å². The van der Waals surface area contributed by atoms with Crippen molar-refractivity contribution in [2.75, 3.05) is 18.9 Å². The molecule has 1 aliphatic heterocycles. The molecule has 4 atom stereocenters. The molecule has 7 N–H and O–H groups in total. The summed E-state index contributed by atoms with van der Waals surface area (Å²) >= 11 is 0. The van der Waals surface area contributed by atoms with Crippen LogP contribution >= 0.6 is 7.82 Å². The van der Waals surface area contributed by atoms with Crippen LogP contribution in [0.5, 0.6) is 0 Å². The average Bonchev–Trinajstić information content (AvgIpc) is 3.19. The van der Waals surface area contributed by atoms with E-state index >= 15 is 0 Å². The molecule has 1 saturated heterocycles. The van der Waals surface area contributed by atoms with Crippen molar-refractivity contribution in [2.24, 2.45) is 0 Å². The Hall–Kier alpha value is -0.370. The van der Waals surface area contributed by atoms with Gasteiger partial charge in [-0.1, -0.05) is 103 Å². The van der Waals surface area contributed by atoms with Crippen molar-refractivity contribution >= 4 is 43.2 Å². The number of unbranched alkanes of at least 4 members (excludes halogenated alkanes) is 15. The van der Waals surface area contributed by atoms with Crippen LogP contribution < -0.4 is 11.4 Å². The normalized spacial score (nSPS) is 20.3. The Bertz CT molecular complexity index is 890. The number of aliphatic hydroxyl groups is 3. The number of nitrogen functional groups attached to an aromatic ring is 1. The zero-order chi connectivity index (χ0) is 29.8. The third kappa shape index (κ3) is 18.8. The molecule has 12 nitrogen and oxygen atoms in total. The first kappa shape index (κ1) is 40.6. The first-order valence-corrected chi connectivity index (χ1v) is 16.3. The maximum atomic E-state index is 11.5. The predicted octanol–water partition coefficient (Wildman–Crippen LogP) is 3.15. The van der Waals surface area contributed by atoms with E-state index in [4.69, 9.17) is 25.4 Å². The van der Waals surface area contributed by atoms with E-state index in [1.165, 1.54) is 95.7 Å². The van der Waals surface area contributed by atoms with E-state index in [1.54, 1.807) is 0 Å². The number of phosphoric acid groups is 1. The van der Waals surface area contributed by atoms with Gasteiger partial charge < -0.3 is 35.6 Å². The second-order valence-corrected chi connectivity index (χ2v) is 11.6. The van der Waals surface area contributed by atoms with Gasteiger partial charge in [0, 0.05) is 6.20 Å². The van der Waals surface area contributed by atoms with Crippen molar-refractivity contribution in [1.29, 1.82) is 0 Å². The van der Waals surface area contributed by atoms with E-state index in [0.29, 0.717) is 0 Å². The number of rotatable bonds is 20. The maximum absolute atomic E-state index is 11.5. The number of anilines is 1. The average molecular weight is 618 g/mol. The summed E-state index contributed by atoms with van der Waals surface area (Å²) in [5.41, 5.74) is 4.63. The number of nitrogens with two attached hydrogens (primary N) is 1. The summed E-state index contributed by atoms with van der Waals surface area (Å²) in [6.45, 7) is 1.98. The van der Waals surface area contributed by atoms with E-state index in [9.17, 15) is 19.6 Å². The fourth-order valence-corrected chi connectivity index (χ4v) is 4.93. The summed E-state index contributed by atoms with van der Waals surface area (Å²) in [6, 6.07) is 1.37. The van der Waals surface area contributed by atoms with Gasteiger partial charge in [-0.15, -0.1) is 0 Å². The molecule has 236 valence electrons. The number of hydrogen-bond donors (Lipinski definition) is 6. The quantitative estimate of drug-likeness (QED) is 0.0714. The van der Waals surface area contributed by atoms with Gasteiger partial charge >= 0.3 is 43.1 Å². The Morgan fingerprint density at radius 3 is 1.76 bits per heavy atom. The molecule has 1 aromatic heterocycles. The molecule has 0 saturated carbocycles. The first-order chi connectivity index (χ1) is 19.1. The zero-order valence-corrected chi connectivity index (χ0v) is 24.9. The van der Waals surface area contributed by atoms with Crippen LogP contribution in [0.4, 0.5) is 5.82 Å². The molecule has 41 heavy (non-hydrogen) atoms. The molecule has 0 unspecified atom stereocenters. The van der Waals surface area contributed by atoms with E-state index in [2.05, 4.69) is 16.4 Å². The van der Waals surface area contributed by atoms with Crippen molar-refractivity contribution < 1.29 is 38.9 Å². The van der Waals surface area contributed by atoms with Gasteiger partial charge in [-0.05, 0) is 12.5 Å². The summed E-state index contributed by atoms with van der Waals surface area (Å²) in [6.07, 6.45) is 17.4. The zero-order valence-electron chi connectivity index (χ0n) is 24.0. The molecule has 0 bridgehead atoms. The first-order valence-electron chi connectivity index (χ1n) is 14.8. The van der Waals surface area contributed by atoms with Crippen molar-refractivity contribution in [3.8, 4) is 0 Å². The Balaban J connectivity index is 0.000000789. The van der Waals surface area contributed by atoms with Gasteiger partial charge in [0.15, 0.2) is 6.23 Å². The molecule has 14 heteroatoms. The van der Waals surface area contributed by atoms with Gasteiger partial charge in [0.05, 0.1) is 13.2 Å². The number of aliphatic hydroxyl groups excluding tert-OH is 3. The van der Waals surface area contributed by atoms with Gasteiger partial charge in [-0.25, -0.2) is 9.36 Å². The Morgan fingerprint density at radius 2 is 1.37 bits per heavy atom. The van der Waals surface area contributed by atoms with Crippen LogP contribution in [0.15, 0.2) is 17.1 Å². The number of ether oxygens (including phenoxy) is 1. The Morgan fingerprint density at radius 1 is 0.902 bits per heavy atom. The fraction of sp³-hybridized carbons (Fsp3) is 0.852. The minimum atomic E-state index is -4.26. The molecule has 1 aromatic rings. The van der Waals surface area contributed by atoms with Gasteiger partial charge in [-0.3, -0.25) is 9.09 Å². The molecule has 0 aromatic carbocycles. The van der Waals surface area contributed by atoms with Crippen LogP contribution in [-0.2, 0) is 13.8 Å². The molecule has 0 radical (unpaired) electrons. The van der Waals surface area contributed by atoms with Crippen molar-refractivity contribution in [3.63, 3.8) is 0 Å². The van der Waals surface area contributed by atoms with Crippen LogP contribution in [0.25, 0.3) is 0 Å². The molecule has 2 heterocycles. The third-order valence-electron chi connectivity index (χ3n) is 6.90. The minimum absolute atomic E-state index is 0. The van der Waals surface area contributed by atoms with Gasteiger partial charge in [-0.2, -0.15) is 4.98 Å². The molecule has 2 rings (SSSR count). The molecule has 1 aliphatic rings. The number of aromatic nitrogens is 2. The van der Waals surface area contributed by atoms with Gasteiger partial charge in [0.2, 0.25) is 0 Å². The summed E-state index contributed by atoms with van der Waals surface area (Å²) < 4.78 is 21.1. The standard InChI is InChI=1S/C18H39O4P.C9H13N3O5.Na.H/c1-2-3-4-5-6-7-8-9-10-11-12-13-14-15-16-17-18-22-23(19,20)21;10-5-1-2-12(9(16)11-5)8-7(15)6(14)4(3-13)17-8;;/h2-18H2,1H3,(H2,19,20,21);1-2,4,6-8,13-15H,3H2,(H2,10,11,16);;/t;4-,6-,7+,8-;;/m.1../s1. The summed E-state index contributed by atoms with van der Waals surface area (Å²) in [5, 5.41) is 28.2. The van der Waals surface area contributed by atoms with Crippen LogP contribution in [0, 0.1) is 0 Å². The van der Waals surface area contributed by atoms with Crippen LogP contribution in [0.3, 0.4) is 0 Å². The van der Waals surface area contributed by atoms with Crippen LogP contribution in [-0.4, -0.2) is 95.7 Å². The molecular formula is C27H53N3NaO9P. The SMILES string of the molecule is CCCCCCCCCCCCCCCCCCOP(=O)(O)O.Nc1ccn([C@@H]2O[C@H](CO)[C@@H](O)[C@@H]2O)c(=O)n1.[NaH]. The molecular weight excluding hydrogens is 564 g/mol. The molecule has 0 aliphatic carbocycles. The van der Waals surface area contributed by atoms with Crippen LogP contribution in [0.2, 0.25) is 0 Å². The second-order valence-electron chi connectivity index (χ2n) is 10.4. The fourth-order valence-electron chi connectivity index (χ4n) is 4.56. The van der Waals surface area contributed by atoms with E-state index in [1.807, 2.05) is 0 Å². The second kappa shape index (κ2) is 24.0. The number of hydrogen-bond acceptors (Lipinski definition) is 9.